The molecule has 0 saturated heterocycles. The average molecular weight is 537 g/mol. The third-order valence-corrected chi connectivity index (χ3v) is 5.57. The van der Waals surface area contributed by atoms with Crippen molar-refractivity contribution in [2.24, 2.45) is 5.73 Å². The minimum Gasteiger partial charge on any atom is -0.481 e. The van der Waals surface area contributed by atoms with Crippen molar-refractivity contribution in [3.8, 4) is 0 Å². The zero-order valence-corrected chi connectivity index (χ0v) is 21.0. The van der Waals surface area contributed by atoms with Crippen LogP contribution in [0, 0.1) is 0 Å². The van der Waals surface area contributed by atoms with Crippen LogP contribution in [0.4, 0.5) is 0 Å². The number of hydrogen-bond acceptors (Lipinski definition) is 10. The Balaban J connectivity index is 4.52. The molecule has 0 saturated carbocycles. The van der Waals surface area contributed by atoms with Crippen molar-refractivity contribution in [2.45, 2.75) is 30.6 Å². The van der Waals surface area contributed by atoms with Gasteiger partial charge < -0.3 is 47.3 Å². The second-order valence-corrected chi connectivity index (χ2v) is 8.54. The summed E-state index contributed by atoms with van der Waals surface area (Å²) in [5, 5.41) is 29.3. The van der Waals surface area contributed by atoms with Crippen molar-refractivity contribution in [2.75, 3.05) is 58.8 Å². The van der Waals surface area contributed by atoms with Gasteiger partial charge in [-0.25, -0.2) is 0 Å². The van der Waals surface area contributed by atoms with Crippen LogP contribution in [0.2, 0.25) is 0 Å². The fourth-order valence-electron chi connectivity index (χ4n) is 2.51. The third-order valence-electron chi connectivity index (χ3n) is 4.26. The maximum atomic E-state index is 12.4. The molecule has 0 aliphatic carbocycles. The highest BCUT2D eigenvalue weighted by molar-refractivity contribution is 8.00. The molecule has 0 aliphatic heterocycles. The molecule has 0 aromatic heterocycles. The number of amides is 5. The number of ether oxygens (including phenoxy) is 1. The molecule has 15 nitrogen and oxygen atoms in total. The molecule has 0 aliphatic rings. The number of aliphatic hydroxyl groups is 1. The van der Waals surface area contributed by atoms with Gasteiger partial charge in [-0.2, -0.15) is 0 Å². The van der Waals surface area contributed by atoms with Crippen molar-refractivity contribution in [3.63, 3.8) is 0 Å². The molecule has 0 aromatic rings. The Morgan fingerprint density at radius 1 is 0.917 bits per heavy atom. The average Bonchev–Trinajstić information content (AvgIpc) is 2.81. The van der Waals surface area contributed by atoms with Crippen LogP contribution in [-0.4, -0.2) is 116 Å². The van der Waals surface area contributed by atoms with E-state index in [4.69, 9.17) is 20.7 Å². The van der Waals surface area contributed by atoms with Gasteiger partial charge in [0.25, 0.3) is 0 Å². The first kappa shape index (κ1) is 33.0. The van der Waals surface area contributed by atoms with Crippen LogP contribution >= 0.6 is 11.8 Å². The lowest BCUT2D eigenvalue weighted by atomic mass is 10.3. The van der Waals surface area contributed by atoms with E-state index in [-0.39, 0.29) is 70.5 Å². The Morgan fingerprint density at radius 2 is 1.61 bits per heavy atom. The highest BCUT2D eigenvalue weighted by atomic mass is 32.2. The zero-order valence-electron chi connectivity index (χ0n) is 20.2. The van der Waals surface area contributed by atoms with Gasteiger partial charge in [-0.3, -0.25) is 28.8 Å². The summed E-state index contributed by atoms with van der Waals surface area (Å²) in [6.45, 7) is 0.454. The first-order valence-corrected chi connectivity index (χ1v) is 12.2. The van der Waals surface area contributed by atoms with E-state index in [1.54, 1.807) is 7.05 Å². The fraction of sp³-hybridized carbons (Fsp3) is 0.700. The van der Waals surface area contributed by atoms with E-state index in [0.717, 1.165) is 11.8 Å². The van der Waals surface area contributed by atoms with Crippen LogP contribution in [-0.2, 0) is 33.5 Å². The Bertz CT molecular complexity index is 740. The molecular weight excluding hydrogens is 500 g/mol. The van der Waals surface area contributed by atoms with Gasteiger partial charge in [-0.15, -0.1) is 11.8 Å². The number of carbonyl (C=O) groups is 6. The number of primary amides is 1. The summed E-state index contributed by atoms with van der Waals surface area (Å²) in [6, 6.07) is -1.16. The molecule has 0 radical (unpaired) electrons. The summed E-state index contributed by atoms with van der Waals surface area (Å²) >= 11 is 0.832. The van der Waals surface area contributed by atoms with E-state index in [9.17, 15) is 28.8 Å². The molecule has 0 rings (SSSR count). The summed E-state index contributed by atoms with van der Waals surface area (Å²) in [5.74, 6) is -4.04. The summed E-state index contributed by atoms with van der Waals surface area (Å²) in [6.07, 6.45) is -0.706. The zero-order chi connectivity index (χ0) is 27.3. The Labute approximate surface area is 213 Å². The van der Waals surface area contributed by atoms with Crippen LogP contribution in [0.3, 0.4) is 0 Å². The summed E-state index contributed by atoms with van der Waals surface area (Å²) in [7, 11) is 1.64. The minimum atomic E-state index is -1.25. The second kappa shape index (κ2) is 20.3. The van der Waals surface area contributed by atoms with Gasteiger partial charge in [0.2, 0.25) is 29.5 Å². The molecule has 0 heterocycles. The number of carboxylic acid groups (broad SMARTS) is 1. The van der Waals surface area contributed by atoms with E-state index in [1.165, 1.54) is 0 Å². The predicted octanol–water partition coefficient (Wildman–Crippen LogP) is -4.11. The molecule has 9 N–H and O–H groups in total. The number of rotatable bonds is 21. The van der Waals surface area contributed by atoms with Crippen LogP contribution in [0.5, 0.6) is 0 Å². The lowest BCUT2D eigenvalue weighted by Gasteiger charge is -2.19. The maximum absolute atomic E-state index is 12.4. The third kappa shape index (κ3) is 17.5. The van der Waals surface area contributed by atoms with Crippen LogP contribution in [0.1, 0.15) is 19.3 Å². The quantitative estimate of drug-likeness (QED) is 0.0656. The molecule has 2 atom stereocenters. The van der Waals surface area contributed by atoms with Gasteiger partial charge in [0.05, 0.1) is 38.0 Å². The SMILES string of the molecule is CNCC(=O)NCCOCCC(=O)NC(CSC(CC(=O)O)C(=O)NCCC(=O)NCCO)C(N)=O. The van der Waals surface area contributed by atoms with E-state index in [1.807, 2.05) is 0 Å². The molecule has 2 unspecified atom stereocenters. The van der Waals surface area contributed by atoms with Gasteiger partial charge in [-0.05, 0) is 7.05 Å². The maximum Gasteiger partial charge on any atom is 0.305 e. The first-order chi connectivity index (χ1) is 17.1. The van der Waals surface area contributed by atoms with Crippen molar-refractivity contribution in [3.05, 3.63) is 0 Å². The molecule has 0 bridgehead atoms. The Hall–Kier alpha value is -2.95. The molecular formula is C20H36N6O9S. The smallest absolute Gasteiger partial charge is 0.305 e. The van der Waals surface area contributed by atoms with E-state index in [0.29, 0.717) is 0 Å². The van der Waals surface area contributed by atoms with Crippen molar-refractivity contribution >= 4 is 47.3 Å². The van der Waals surface area contributed by atoms with E-state index in [2.05, 4.69) is 26.6 Å². The standard InChI is InChI=1S/C20H36N6O9S/c1-22-11-17(30)24-6-9-35-8-3-16(29)26-13(19(21)33)12-36-14(10-18(31)32)20(34)25-4-2-15(28)23-5-7-27/h13-14,22,27H,2-12H2,1H3,(H2,21,33)(H,23,28)(H,24,30)(H,25,34)(H,26,29)(H,31,32). The lowest BCUT2D eigenvalue weighted by molar-refractivity contribution is -0.138. The highest BCUT2D eigenvalue weighted by Gasteiger charge is 2.26. The summed E-state index contributed by atoms with van der Waals surface area (Å²) < 4.78 is 5.25. The number of nitrogens with one attached hydrogen (secondary N) is 5. The van der Waals surface area contributed by atoms with Crippen LogP contribution < -0.4 is 32.3 Å². The largest absolute Gasteiger partial charge is 0.481 e. The summed E-state index contributed by atoms with van der Waals surface area (Å²) in [4.78, 5) is 70.2. The predicted molar refractivity (Wildman–Crippen MR) is 130 cm³/mol. The number of thioether (sulfide) groups is 1. The van der Waals surface area contributed by atoms with Crippen LogP contribution in [0.15, 0.2) is 0 Å². The van der Waals surface area contributed by atoms with Crippen molar-refractivity contribution in [1.82, 2.24) is 26.6 Å². The molecule has 36 heavy (non-hydrogen) atoms. The monoisotopic (exact) mass is 536 g/mol. The number of nitrogens with two attached hydrogens (primary N) is 1. The van der Waals surface area contributed by atoms with Gasteiger partial charge in [0.15, 0.2) is 0 Å². The number of aliphatic hydroxyl groups excluding tert-OH is 1. The molecule has 206 valence electrons. The number of likely N-dealkylation sites (N-methyl/N-ethyl adjacent to an activating group) is 1. The second-order valence-electron chi connectivity index (χ2n) is 7.30. The number of carbonyl (C=O) groups excluding carboxylic acids is 5. The van der Waals surface area contributed by atoms with E-state index < -0.39 is 47.3 Å². The number of aliphatic carboxylic acids is 1. The van der Waals surface area contributed by atoms with Crippen molar-refractivity contribution in [1.29, 1.82) is 0 Å². The topological polar surface area (TPSA) is 238 Å². The Morgan fingerprint density at radius 3 is 2.22 bits per heavy atom. The number of carboxylic acids is 1. The molecule has 0 aromatic carbocycles. The lowest BCUT2D eigenvalue weighted by Crippen LogP contribution is -2.47. The highest BCUT2D eigenvalue weighted by Crippen LogP contribution is 2.17. The molecule has 0 fully saturated rings. The fourth-order valence-corrected chi connectivity index (χ4v) is 3.68. The minimum absolute atomic E-state index is 0.0300. The van der Waals surface area contributed by atoms with Crippen molar-refractivity contribution < 1.29 is 43.7 Å². The van der Waals surface area contributed by atoms with Gasteiger partial charge in [-0.1, -0.05) is 0 Å². The van der Waals surface area contributed by atoms with Crippen LogP contribution in [0.25, 0.3) is 0 Å². The van der Waals surface area contributed by atoms with Gasteiger partial charge >= 0.3 is 5.97 Å². The van der Waals surface area contributed by atoms with E-state index >= 15 is 0 Å². The molecule has 16 heteroatoms. The molecule has 5 amide bonds. The molecule has 0 spiro atoms. The van der Waals surface area contributed by atoms with Gasteiger partial charge in [0, 0.05) is 38.2 Å². The van der Waals surface area contributed by atoms with Gasteiger partial charge in [0.1, 0.15) is 6.04 Å². The normalized spacial score (nSPS) is 12.2. The first-order valence-electron chi connectivity index (χ1n) is 11.2. The Kier molecular flexibility index (Phi) is 18.6. The summed E-state index contributed by atoms with van der Waals surface area (Å²) in [5.41, 5.74) is 5.33. The number of hydrogen-bond donors (Lipinski definition) is 8.